The van der Waals surface area contributed by atoms with E-state index in [4.69, 9.17) is 9.84 Å². The summed E-state index contributed by atoms with van der Waals surface area (Å²) in [4.78, 5) is 4.00. The van der Waals surface area contributed by atoms with E-state index in [2.05, 4.69) is 10.3 Å². The lowest BCUT2D eigenvalue weighted by Gasteiger charge is -2.04. The molecule has 0 radical (unpaired) electrons. The van der Waals surface area contributed by atoms with Gasteiger partial charge >= 0.3 is 0 Å². The van der Waals surface area contributed by atoms with Crippen molar-refractivity contribution in [3.8, 4) is 5.88 Å². The fraction of sp³-hybridized carbons (Fsp3) is 0.444. The molecular weight excluding hydrogens is 168 g/mol. The van der Waals surface area contributed by atoms with Gasteiger partial charge in [-0.05, 0) is 6.07 Å². The molecule has 0 unspecified atom stereocenters. The normalized spacial score (nSPS) is 9.92. The second-order valence-corrected chi connectivity index (χ2v) is 2.49. The number of nitrogens with zero attached hydrogens (tertiary/aromatic N) is 1. The van der Waals surface area contributed by atoms with Crippen LogP contribution in [0.5, 0.6) is 5.88 Å². The van der Waals surface area contributed by atoms with Crippen LogP contribution in [0.2, 0.25) is 0 Å². The lowest BCUT2D eigenvalue weighted by molar-refractivity contribution is 0.272. The molecule has 72 valence electrons. The highest BCUT2D eigenvalue weighted by Gasteiger charge is 1.91. The molecule has 0 amide bonds. The Balaban J connectivity index is 2.07. The first kappa shape index (κ1) is 9.95. The molecule has 1 heterocycles. The predicted octanol–water partition coefficient (Wildman–Crippen LogP) is 0.0423. The summed E-state index contributed by atoms with van der Waals surface area (Å²) in [5.74, 6) is 0.633. The van der Waals surface area contributed by atoms with E-state index < -0.39 is 0 Å². The van der Waals surface area contributed by atoms with Crippen molar-refractivity contribution in [2.75, 3.05) is 26.3 Å². The Morgan fingerprint density at radius 2 is 2.31 bits per heavy atom. The SMILES string of the molecule is OCCNCCOc1ccccn1. The molecule has 1 rings (SSSR count). The first-order chi connectivity index (χ1) is 6.43. The average Bonchev–Trinajstić information content (AvgIpc) is 2.19. The number of hydrogen-bond donors (Lipinski definition) is 2. The molecule has 0 aromatic carbocycles. The highest BCUT2D eigenvalue weighted by atomic mass is 16.5. The third kappa shape index (κ3) is 4.45. The molecule has 0 atom stereocenters. The van der Waals surface area contributed by atoms with E-state index in [1.807, 2.05) is 18.2 Å². The first-order valence-electron chi connectivity index (χ1n) is 4.29. The summed E-state index contributed by atoms with van der Waals surface area (Å²) in [6.45, 7) is 2.04. The summed E-state index contributed by atoms with van der Waals surface area (Å²) in [7, 11) is 0. The molecule has 4 nitrogen and oxygen atoms in total. The van der Waals surface area contributed by atoms with E-state index >= 15 is 0 Å². The highest BCUT2D eigenvalue weighted by molar-refractivity contribution is 5.08. The predicted molar refractivity (Wildman–Crippen MR) is 49.7 cm³/mol. The lowest BCUT2D eigenvalue weighted by Crippen LogP contribution is -2.24. The Bertz CT molecular complexity index is 216. The number of pyridine rings is 1. The second kappa shape index (κ2) is 6.39. The molecule has 13 heavy (non-hydrogen) atoms. The van der Waals surface area contributed by atoms with Gasteiger partial charge in [-0.15, -0.1) is 0 Å². The van der Waals surface area contributed by atoms with Crippen LogP contribution in [0.15, 0.2) is 24.4 Å². The molecule has 4 heteroatoms. The van der Waals surface area contributed by atoms with Crippen molar-refractivity contribution in [2.45, 2.75) is 0 Å². The molecule has 2 N–H and O–H groups in total. The summed E-state index contributed by atoms with van der Waals surface area (Å²) in [5.41, 5.74) is 0. The number of rotatable bonds is 6. The highest BCUT2D eigenvalue weighted by Crippen LogP contribution is 2.01. The van der Waals surface area contributed by atoms with E-state index in [1.165, 1.54) is 0 Å². The van der Waals surface area contributed by atoms with Crippen LogP contribution < -0.4 is 10.1 Å². The van der Waals surface area contributed by atoms with Gasteiger partial charge in [-0.1, -0.05) is 6.07 Å². The van der Waals surface area contributed by atoms with Crippen molar-refractivity contribution < 1.29 is 9.84 Å². The van der Waals surface area contributed by atoms with Crippen LogP contribution >= 0.6 is 0 Å². The molecule has 0 saturated heterocycles. The van der Waals surface area contributed by atoms with Crippen LogP contribution in [0.4, 0.5) is 0 Å². The summed E-state index contributed by atoms with van der Waals surface area (Å²) in [5, 5.41) is 11.5. The van der Waals surface area contributed by atoms with Gasteiger partial charge in [0, 0.05) is 25.4 Å². The van der Waals surface area contributed by atoms with E-state index in [9.17, 15) is 0 Å². The van der Waals surface area contributed by atoms with Crippen LogP contribution in [0.25, 0.3) is 0 Å². The fourth-order valence-corrected chi connectivity index (χ4v) is 0.864. The maximum atomic E-state index is 8.47. The van der Waals surface area contributed by atoms with E-state index in [1.54, 1.807) is 6.20 Å². The average molecular weight is 182 g/mol. The zero-order valence-electron chi connectivity index (χ0n) is 7.44. The summed E-state index contributed by atoms with van der Waals surface area (Å²) in [6.07, 6.45) is 1.69. The summed E-state index contributed by atoms with van der Waals surface area (Å²) < 4.78 is 5.30. The van der Waals surface area contributed by atoms with Gasteiger partial charge in [-0.3, -0.25) is 0 Å². The Hall–Kier alpha value is -1.13. The van der Waals surface area contributed by atoms with Crippen molar-refractivity contribution in [2.24, 2.45) is 0 Å². The van der Waals surface area contributed by atoms with Gasteiger partial charge in [-0.25, -0.2) is 4.98 Å². The number of hydrogen-bond acceptors (Lipinski definition) is 4. The molecule has 0 saturated carbocycles. The third-order valence-electron chi connectivity index (χ3n) is 1.46. The fourth-order valence-electron chi connectivity index (χ4n) is 0.864. The van der Waals surface area contributed by atoms with Crippen LogP contribution in [0.1, 0.15) is 0 Å². The zero-order chi connectivity index (χ0) is 9.36. The monoisotopic (exact) mass is 182 g/mol. The Kier molecular flexibility index (Phi) is 4.90. The Morgan fingerprint density at radius 1 is 1.38 bits per heavy atom. The first-order valence-corrected chi connectivity index (χ1v) is 4.29. The van der Waals surface area contributed by atoms with Crippen LogP contribution in [-0.2, 0) is 0 Å². The second-order valence-electron chi connectivity index (χ2n) is 2.49. The van der Waals surface area contributed by atoms with Gasteiger partial charge in [0.25, 0.3) is 0 Å². The Labute approximate surface area is 77.6 Å². The standard InChI is InChI=1S/C9H14N2O2/c12-7-5-10-6-8-13-9-3-1-2-4-11-9/h1-4,10,12H,5-8H2. The van der Waals surface area contributed by atoms with Gasteiger partial charge in [-0.2, -0.15) is 0 Å². The van der Waals surface area contributed by atoms with Gasteiger partial charge in [0.1, 0.15) is 6.61 Å². The lowest BCUT2D eigenvalue weighted by atomic mass is 10.5. The van der Waals surface area contributed by atoms with Crippen molar-refractivity contribution >= 4 is 0 Å². The smallest absolute Gasteiger partial charge is 0.213 e. The molecule has 0 aliphatic heterocycles. The number of nitrogens with one attached hydrogen (secondary N) is 1. The largest absolute Gasteiger partial charge is 0.476 e. The van der Waals surface area contributed by atoms with Crippen LogP contribution in [0, 0.1) is 0 Å². The van der Waals surface area contributed by atoms with Crippen molar-refractivity contribution in [3.05, 3.63) is 24.4 Å². The van der Waals surface area contributed by atoms with Crippen molar-refractivity contribution in [1.82, 2.24) is 10.3 Å². The molecule has 0 bridgehead atoms. The van der Waals surface area contributed by atoms with E-state index in [-0.39, 0.29) is 6.61 Å². The van der Waals surface area contributed by atoms with Gasteiger partial charge in [0.2, 0.25) is 5.88 Å². The topological polar surface area (TPSA) is 54.4 Å². The van der Waals surface area contributed by atoms with Crippen molar-refractivity contribution in [1.29, 1.82) is 0 Å². The molecular formula is C9H14N2O2. The molecule has 0 aliphatic rings. The molecule has 0 fully saturated rings. The van der Waals surface area contributed by atoms with Gasteiger partial charge < -0.3 is 15.2 Å². The zero-order valence-corrected chi connectivity index (χ0v) is 7.44. The van der Waals surface area contributed by atoms with Gasteiger partial charge in [0.05, 0.1) is 6.61 Å². The minimum Gasteiger partial charge on any atom is -0.476 e. The van der Waals surface area contributed by atoms with Crippen LogP contribution in [0.3, 0.4) is 0 Å². The Morgan fingerprint density at radius 3 is 3.00 bits per heavy atom. The maximum absolute atomic E-state index is 8.47. The summed E-state index contributed by atoms with van der Waals surface area (Å²) >= 11 is 0. The molecule has 1 aromatic heterocycles. The third-order valence-corrected chi connectivity index (χ3v) is 1.46. The number of ether oxygens (including phenoxy) is 1. The minimum absolute atomic E-state index is 0.156. The van der Waals surface area contributed by atoms with Gasteiger partial charge in [0.15, 0.2) is 0 Å². The number of aromatic nitrogens is 1. The van der Waals surface area contributed by atoms with E-state index in [0.29, 0.717) is 19.0 Å². The minimum atomic E-state index is 0.156. The molecule has 0 spiro atoms. The quantitative estimate of drug-likeness (QED) is 0.610. The summed E-state index contributed by atoms with van der Waals surface area (Å²) in [6, 6.07) is 5.53. The number of aliphatic hydroxyl groups is 1. The molecule has 1 aromatic rings. The molecule has 0 aliphatic carbocycles. The van der Waals surface area contributed by atoms with Crippen molar-refractivity contribution in [3.63, 3.8) is 0 Å². The maximum Gasteiger partial charge on any atom is 0.213 e. The number of aliphatic hydroxyl groups excluding tert-OH is 1. The van der Waals surface area contributed by atoms with E-state index in [0.717, 1.165) is 6.54 Å². The van der Waals surface area contributed by atoms with Crippen LogP contribution in [-0.4, -0.2) is 36.4 Å².